The molecule has 3 aromatic rings. The lowest BCUT2D eigenvalue weighted by atomic mass is 10.0. The maximum absolute atomic E-state index is 12.5. The number of anilines is 1. The van der Waals surface area contributed by atoms with Gasteiger partial charge in [-0.05, 0) is 42.8 Å². The standard InChI is InChI=1S/C22H19NO4/c1-14(24)17-9-5-10-18(13-17)23-21(25)15(2)27-22(26)20-12-6-8-16-7-3-4-11-19(16)20/h3-13,15H,1-2H3,(H,23,25)/t15-/m0/s1. The molecule has 1 amide bonds. The molecule has 1 N–H and O–H groups in total. The van der Waals surface area contributed by atoms with Crippen molar-refractivity contribution in [3.8, 4) is 0 Å². The first-order chi connectivity index (χ1) is 13.0. The first kappa shape index (κ1) is 18.3. The molecule has 5 nitrogen and oxygen atoms in total. The maximum atomic E-state index is 12.5. The van der Waals surface area contributed by atoms with E-state index in [-0.39, 0.29) is 5.78 Å². The summed E-state index contributed by atoms with van der Waals surface area (Å²) < 4.78 is 5.34. The van der Waals surface area contributed by atoms with E-state index in [4.69, 9.17) is 4.74 Å². The zero-order valence-corrected chi connectivity index (χ0v) is 15.1. The van der Waals surface area contributed by atoms with Gasteiger partial charge in [-0.15, -0.1) is 0 Å². The number of esters is 1. The van der Waals surface area contributed by atoms with Gasteiger partial charge < -0.3 is 10.1 Å². The number of benzene rings is 3. The number of carbonyl (C=O) groups excluding carboxylic acids is 3. The molecule has 0 aromatic heterocycles. The molecule has 0 unspecified atom stereocenters. The largest absolute Gasteiger partial charge is 0.449 e. The minimum Gasteiger partial charge on any atom is -0.449 e. The van der Waals surface area contributed by atoms with Crippen LogP contribution in [0.25, 0.3) is 10.8 Å². The number of nitrogens with one attached hydrogen (secondary N) is 1. The molecule has 0 aliphatic rings. The van der Waals surface area contributed by atoms with E-state index in [0.717, 1.165) is 10.8 Å². The Kier molecular flexibility index (Phi) is 5.31. The average molecular weight is 361 g/mol. The summed E-state index contributed by atoms with van der Waals surface area (Å²) in [6.45, 7) is 2.96. The summed E-state index contributed by atoms with van der Waals surface area (Å²) in [5.74, 6) is -1.13. The number of hydrogen-bond acceptors (Lipinski definition) is 4. The summed E-state index contributed by atoms with van der Waals surface area (Å²) in [5.41, 5.74) is 1.38. The molecule has 0 fully saturated rings. The molecule has 27 heavy (non-hydrogen) atoms. The van der Waals surface area contributed by atoms with Crippen LogP contribution in [0.4, 0.5) is 5.69 Å². The number of Topliss-reactive ketones (excluding diaryl/α,β-unsaturated/α-hetero) is 1. The van der Waals surface area contributed by atoms with Crippen molar-refractivity contribution in [2.45, 2.75) is 20.0 Å². The lowest BCUT2D eigenvalue weighted by Crippen LogP contribution is -2.30. The van der Waals surface area contributed by atoms with Gasteiger partial charge in [0.25, 0.3) is 5.91 Å². The number of carbonyl (C=O) groups is 3. The van der Waals surface area contributed by atoms with Crippen molar-refractivity contribution >= 4 is 34.1 Å². The van der Waals surface area contributed by atoms with Crippen molar-refractivity contribution < 1.29 is 19.1 Å². The number of hydrogen-bond donors (Lipinski definition) is 1. The molecule has 3 rings (SSSR count). The Balaban J connectivity index is 1.71. The molecule has 0 aliphatic carbocycles. The van der Waals surface area contributed by atoms with Crippen LogP contribution in [-0.4, -0.2) is 23.8 Å². The van der Waals surface area contributed by atoms with Gasteiger partial charge in [-0.2, -0.15) is 0 Å². The average Bonchev–Trinajstić information content (AvgIpc) is 2.67. The lowest BCUT2D eigenvalue weighted by molar-refractivity contribution is -0.123. The summed E-state index contributed by atoms with van der Waals surface area (Å²) in [4.78, 5) is 36.3. The van der Waals surface area contributed by atoms with Gasteiger partial charge in [0.1, 0.15) is 0 Å². The monoisotopic (exact) mass is 361 g/mol. The fourth-order valence-electron chi connectivity index (χ4n) is 2.74. The Hall–Kier alpha value is -3.47. The molecule has 0 aliphatic heterocycles. The van der Waals surface area contributed by atoms with E-state index < -0.39 is 18.0 Å². The van der Waals surface area contributed by atoms with E-state index in [9.17, 15) is 14.4 Å². The highest BCUT2D eigenvalue weighted by molar-refractivity contribution is 6.06. The van der Waals surface area contributed by atoms with Crippen molar-refractivity contribution in [3.63, 3.8) is 0 Å². The summed E-state index contributed by atoms with van der Waals surface area (Å²) in [5, 5.41) is 4.35. The maximum Gasteiger partial charge on any atom is 0.339 e. The van der Waals surface area contributed by atoms with Crippen molar-refractivity contribution in [3.05, 3.63) is 77.9 Å². The second-order valence-corrected chi connectivity index (χ2v) is 6.20. The molecule has 3 aromatic carbocycles. The van der Waals surface area contributed by atoms with Crippen LogP contribution in [-0.2, 0) is 9.53 Å². The highest BCUT2D eigenvalue weighted by Crippen LogP contribution is 2.20. The molecule has 1 atom stereocenters. The zero-order valence-electron chi connectivity index (χ0n) is 15.1. The number of amides is 1. The van der Waals surface area contributed by atoms with Gasteiger partial charge in [0.05, 0.1) is 5.56 Å². The Bertz CT molecular complexity index is 1020. The van der Waals surface area contributed by atoms with Crippen LogP contribution < -0.4 is 5.32 Å². The second-order valence-electron chi connectivity index (χ2n) is 6.20. The molecule has 0 saturated carbocycles. The van der Waals surface area contributed by atoms with Crippen molar-refractivity contribution in [2.24, 2.45) is 0 Å². The van der Waals surface area contributed by atoms with Gasteiger partial charge in [0.2, 0.25) is 0 Å². The molecule has 0 heterocycles. The molecule has 5 heteroatoms. The second kappa shape index (κ2) is 7.83. The van der Waals surface area contributed by atoms with Gasteiger partial charge in [0.15, 0.2) is 11.9 Å². The van der Waals surface area contributed by atoms with Gasteiger partial charge in [-0.3, -0.25) is 9.59 Å². The highest BCUT2D eigenvalue weighted by Gasteiger charge is 2.20. The number of ether oxygens (including phenoxy) is 1. The van der Waals surface area contributed by atoms with E-state index in [1.807, 2.05) is 30.3 Å². The first-order valence-corrected chi connectivity index (χ1v) is 8.56. The Morgan fingerprint density at radius 1 is 0.926 bits per heavy atom. The fraction of sp³-hybridized carbons (Fsp3) is 0.136. The van der Waals surface area contributed by atoms with E-state index >= 15 is 0 Å². The predicted molar refractivity (Wildman–Crippen MR) is 104 cm³/mol. The summed E-state index contributed by atoms with van der Waals surface area (Å²) in [6.07, 6.45) is -0.988. The quantitative estimate of drug-likeness (QED) is 0.545. The number of rotatable bonds is 5. The Labute approximate surface area is 157 Å². The summed E-state index contributed by atoms with van der Waals surface area (Å²) in [7, 11) is 0. The van der Waals surface area contributed by atoms with Crippen molar-refractivity contribution in [2.75, 3.05) is 5.32 Å². The van der Waals surface area contributed by atoms with E-state index in [0.29, 0.717) is 16.8 Å². The SMILES string of the molecule is CC(=O)c1cccc(NC(=O)[C@H](C)OC(=O)c2cccc3ccccc23)c1. The van der Waals surface area contributed by atoms with Crippen LogP contribution in [0.1, 0.15) is 34.6 Å². The number of ketones is 1. The summed E-state index contributed by atoms with van der Waals surface area (Å²) >= 11 is 0. The topological polar surface area (TPSA) is 72.5 Å². The highest BCUT2D eigenvalue weighted by atomic mass is 16.5. The lowest BCUT2D eigenvalue weighted by Gasteiger charge is -2.14. The van der Waals surface area contributed by atoms with E-state index in [1.54, 1.807) is 36.4 Å². The molecule has 0 radical (unpaired) electrons. The molecule has 0 bridgehead atoms. The Morgan fingerprint density at radius 2 is 1.63 bits per heavy atom. The van der Waals surface area contributed by atoms with Crippen molar-refractivity contribution in [1.29, 1.82) is 0 Å². The van der Waals surface area contributed by atoms with Crippen molar-refractivity contribution in [1.82, 2.24) is 0 Å². The molecule has 0 spiro atoms. The van der Waals surface area contributed by atoms with Crippen LogP contribution in [0.15, 0.2) is 66.7 Å². The molecule has 0 saturated heterocycles. The Morgan fingerprint density at radius 3 is 2.41 bits per heavy atom. The molecular weight excluding hydrogens is 342 g/mol. The predicted octanol–water partition coefficient (Wildman–Crippen LogP) is 4.23. The fourth-order valence-corrected chi connectivity index (χ4v) is 2.74. The van der Waals surface area contributed by atoms with E-state index in [1.165, 1.54) is 13.8 Å². The minimum absolute atomic E-state index is 0.0958. The smallest absolute Gasteiger partial charge is 0.339 e. The third-order valence-electron chi connectivity index (χ3n) is 4.20. The number of fused-ring (bicyclic) bond motifs is 1. The van der Waals surface area contributed by atoms with Crippen LogP contribution in [0.2, 0.25) is 0 Å². The van der Waals surface area contributed by atoms with Gasteiger partial charge in [0, 0.05) is 11.3 Å². The summed E-state index contributed by atoms with van der Waals surface area (Å²) in [6, 6.07) is 19.4. The van der Waals surface area contributed by atoms with Crippen LogP contribution in [0.5, 0.6) is 0 Å². The van der Waals surface area contributed by atoms with Crippen LogP contribution in [0, 0.1) is 0 Å². The molecule has 136 valence electrons. The van der Waals surface area contributed by atoms with Gasteiger partial charge in [-0.1, -0.05) is 48.5 Å². The zero-order chi connectivity index (χ0) is 19.4. The third kappa shape index (κ3) is 4.20. The van der Waals surface area contributed by atoms with E-state index in [2.05, 4.69) is 5.32 Å². The van der Waals surface area contributed by atoms with Gasteiger partial charge in [-0.25, -0.2) is 4.79 Å². The van der Waals surface area contributed by atoms with Gasteiger partial charge >= 0.3 is 5.97 Å². The molecular formula is C22H19NO4. The third-order valence-corrected chi connectivity index (χ3v) is 4.20. The normalized spacial score (nSPS) is 11.6. The first-order valence-electron chi connectivity index (χ1n) is 8.56. The van der Waals surface area contributed by atoms with Crippen LogP contribution >= 0.6 is 0 Å². The van der Waals surface area contributed by atoms with Crippen LogP contribution in [0.3, 0.4) is 0 Å². The minimum atomic E-state index is -0.988.